The molecule has 2 atom stereocenters. The monoisotopic (exact) mass is 279 g/mol. The summed E-state index contributed by atoms with van der Waals surface area (Å²) in [6.07, 6.45) is 1.17. The molecule has 0 bridgehead atoms. The van der Waals surface area contributed by atoms with Crippen molar-refractivity contribution in [2.45, 2.75) is 24.9 Å². The SMILES string of the molecule is COc1ccc(C(C(=O)O)N2CCC[C@H]2C(=O)O)cc1. The van der Waals surface area contributed by atoms with Gasteiger partial charge in [0.1, 0.15) is 17.8 Å². The van der Waals surface area contributed by atoms with E-state index in [1.165, 1.54) is 12.0 Å². The number of nitrogens with zero attached hydrogens (tertiary/aromatic N) is 1. The fourth-order valence-electron chi connectivity index (χ4n) is 2.63. The summed E-state index contributed by atoms with van der Waals surface area (Å²) in [4.78, 5) is 24.3. The van der Waals surface area contributed by atoms with Crippen LogP contribution in [0.1, 0.15) is 24.4 Å². The molecule has 0 radical (unpaired) electrons. The van der Waals surface area contributed by atoms with Gasteiger partial charge in [-0.1, -0.05) is 12.1 Å². The fourth-order valence-corrected chi connectivity index (χ4v) is 2.63. The Morgan fingerprint density at radius 1 is 1.30 bits per heavy atom. The van der Waals surface area contributed by atoms with Crippen LogP contribution in [-0.4, -0.2) is 46.7 Å². The average Bonchev–Trinajstić information content (AvgIpc) is 2.88. The molecule has 0 spiro atoms. The first-order valence-corrected chi connectivity index (χ1v) is 6.40. The Labute approximate surface area is 116 Å². The lowest BCUT2D eigenvalue weighted by molar-refractivity contribution is -0.149. The van der Waals surface area contributed by atoms with Crippen molar-refractivity contribution in [2.24, 2.45) is 0 Å². The predicted octanol–water partition coefficient (Wildman–Crippen LogP) is 1.37. The maximum atomic E-state index is 11.5. The standard InChI is InChI=1S/C14H17NO5/c1-20-10-6-4-9(5-7-10)12(14(18)19)15-8-2-3-11(15)13(16)17/h4-7,11-12H,2-3,8H2,1H3,(H,16,17)(H,18,19)/t11-,12?/m0/s1. The van der Waals surface area contributed by atoms with Gasteiger partial charge in [-0.2, -0.15) is 0 Å². The van der Waals surface area contributed by atoms with E-state index in [9.17, 15) is 19.8 Å². The van der Waals surface area contributed by atoms with Crippen LogP contribution in [-0.2, 0) is 9.59 Å². The predicted molar refractivity (Wildman–Crippen MR) is 70.7 cm³/mol. The van der Waals surface area contributed by atoms with Crippen molar-refractivity contribution in [1.29, 1.82) is 0 Å². The highest BCUT2D eigenvalue weighted by Crippen LogP contribution is 2.30. The molecule has 1 fully saturated rings. The summed E-state index contributed by atoms with van der Waals surface area (Å²) in [5.74, 6) is -1.38. The Morgan fingerprint density at radius 3 is 2.45 bits per heavy atom. The molecule has 0 aliphatic carbocycles. The number of likely N-dealkylation sites (tertiary alicyclic amines) is 1. The van der Waals surface area contributed by atoms with E-state index in [4.69, 9.17) is 4.74 Å². The highest BCUT2D eigenvalue weighted by atomic mass is 16.5. The lowest BCUT2D eigenvalue weighted by Crippen LogP contribution is -2.41. The summed E-state index contributed by atoms with van der Waals surface area (Å²) >= 11 is 0. The number of rotatable bonds is 5. The lowest BCUT2D eigenvalue weighted by Gasteiger charge is -2.28. The molecule has 6 nitrogen and oxygen atoms in total. The van der Waals surface area contributed by atoms with Gasteiger partial charge in [-0.05, 0) is 30.5 Å². The van der Waals surface area contributed by atoms with Crippen molar-refractivity contribution in [3.05, 3.63) is 29.8 Å². The number of ether oxygens (including phenoxy) is 1. The van der Waals surface area contributed by atoms with Crippen LogP contribution in [0.15, 0.2) is 24.3 Å². The molecule has 20 heavy (non-hydrogen) atoms. The quantitative estimate of drug-likeness (QED) is 0.846. The van der Waals surface area contributed by atoms with E-state index < -0.39 is 24.0 Å². The van der Waals surface area contributed by atoms with Crippen molar-refractivity contribution < 1.29 is 24.5 Å². The lowest BCUT2D eigenvalue weighted by atomic mass is 10.0. The van der Waals surface area contributed by atoms with Gasteiger partial charge in [-0.15, -0.1) is 0 Å². The molecule has 1 heterocycles. The molecule has 0 aromatic heterocycles. The summed E-state index contributed by atoms with van der Waals surface area (Å²) in [7, 11) is 1.53. The Morgan fingerprint density at radius 2 is 1.95 bits per heavy atom. The highest BCUT2D eigenvalue weighted by Gasteiger charge is 2.39. The first kappa shape index (κ1) is 14.3. The molecular formula is C14H17NO5. The molecule has 6 heteroatoms. The number of aliphatic carboxylic acids is 2. The smallest absolute Gasteiger partial charge is 0.325 e. The van der Waals surface area contributed by atoms with E-state index in [2.05, 4.69) is 0 Å². The van der Waals surface area contributed by atoms with Crippen LogP contribution in [0.2, 0.25) is 0 Å². The number of carboxylic acid groups (broad SMARTS) is 2. The number of carboxylic acids is 2. The van der Waals surface area contributed by atoms with Crippen LogP contribution >= 0.6 is 0 Å². The van der Waals surface area contributed by atoms with Crippen LogP contribution in [0.3, 0.4) is 0 Å². The highest BCUT2D eigenvalue weighted by molar-refractivity contribution is 5.79. The van der Waals surface area contributed by atoms with Crippen LogP contribution in [0, 0.1) is 0 Å². The van der Waals surface area contributed by atoms with Gasteiger partial charge in [0.25, 0.3) is 0 Å². The third kappa shape index (κ3) is 2.75. The van der Waals surface area contributed by atoms with Gasteiger partial charge < -0.3 is 14.9 Å². The Kier molecular flexibility index (Phi) is 4.24. The third-order valence-corrected chi connectivity index (χ3v) is 3.58. The van der Waals surface area contributed by atoms with Gasteiger partial charge in [0, 0.05) is 6.54 Å². The number of hydrogen-bond donors (Lipinski definition) is 2. The second-order valence-corrected chi connectivity index (χ2v) is 4.75. The minimum absolute atomic E-state index is 0.472. The van der Waals surface area contributed by atoms with E-state index in [0.29, 0.717) is 30.7 Å². The minimum atomic E-state index is -1.04. The van der Waals surface area contributed by atoms with Crippen molar-refractivity contribution in [1.82, 2.24) is 4.90 Å². The first-order chi connectivity index (χ1) is 9.54. The Balaban J connectivity index is 2.30. The van der Waals surface area contributed by atoms with E-state index in [1.54, 1.807) is 24.3 Å². The summed E-state index contributed by atoms with van der Waals surface area (Å²) in [6, 6.07) is 5.00. The molecule has 108 valence electrons. The van der Waals surface area contributed by atoms with E-state index in [-0.39, 0.29) is 0 Å². The number of hydrogen-bond acceptors (Lipinski definition) is 4. The molecule has 1 unspecified atom stereocenters. The van der Waals surface area contributed by atoms with E-state index in [0.717, 1.165) is 0 Å². The zero-order valence-corrected chi connectivity index (χ0v) is 11.2. The van der Waals surface area contributed by atoms with E-state index >= 15 is 0 Å². The van der Waals surface area contributed by atoms with Crippen molar-refractivity contribution in [3.8, 4) is 5.75 Å². The van der Waals surface area contributed by atoms with Gasteiger partial charge in [-0.25, -0.2) is 0 Å². The van der Waals surface area contributed by atoms with E-state index in [1.807, 2.05) is 0 Å². The van der Waals surface area contributed by atoms with Gasteiger partial charge in [0.15, 0.2) is 0 Å². The van der Waals surface area contributed by atoms with Gasteiger partial charge in [0.05, 0.1) is 7.11 Å². The summed E-state index contributed by atoms with van der Waals surface area (Å²) in [5, 5.41) is 18.6. The number of methoxy groups -OCH3 is 1. The normalized spacial score (nSPS) is 20.6. The maximum Gasteiger partial charge on any atom is 0.325 e. The van der Waals surface area contributed by atoms with Crippen LogP contribution in [0.5, 0.6) is 5.75 Å². The zero-order chi connectivity index (χ0) is 14.7. The van der Waals surface area contributed by atoms with Crippen LogP contribution in [0.4, 0.5) is 0 Å². The molecule has 2 N–H and O–H groups in total. The Hall–Kier alpha value is -2.08. The van der Waals surface area contributed by atoms with Gasteiger partial charge in [0.2, 0.25) is 0 Å². The minimum Gasteiger partial charge on any atom is -0.497 e. The molecule has 1 aliphatic heterocycles. The number of carbonyl (C=O) groups is 2. The van der Waals surface area contributed by atoms with Crippen LogP contribution < -0.4 is 4.74 Å². The molecule has 2 rings (SSSR count). The topological polar surface area (TPSA) is 87.1 Å². The second kappa shape index (κ2) is 5.92. The summed E-state index contributed by atoms with van der Waals surface area (Å²) in [5.41, 5.74) is 0.562. The number of benzene rings is 1. The molecule has 1 aromatic carbocycles. The molecular weight excluding hydrogens is 262 g/mol. The molecule has 1 saturated heterocycles. The van der Waals surface area contributed by atoms with Gasteiger partial charge >= 0.3 is 11.9 Å². The molecule has 1 aliphatic rings. The molecule has 0 saturated carbocycles. The largest absolute Gasteiger partial charge is 0.497 e. The summed E-state index contributed by atoms with van der Waals surface area (Å²) < 4.78 is 5.04. The third-order valence-electron chi connectivity index (χ3n) is 3.58. The second-order valence-electron chi connectivity index (χ2n) is 4.75. The van der Waals surface area contributed by atoms with Gasteiger partial charge in [-0.3, -0.25) is 14.5 Å². The Bertz CT molecular complexity index is 499. The molecule has 1 aromatic rings. The van der Waals surface area contributed by atoms with Crippen molar-refractivity contribution >= 4 is 11.9 Å². The van der Waals surface area contributed by atoms with Crippen molar-refractivity contribution in [2.75, 3.05) is 13.7 Å². The fraction of sp³-hybridized carbons (Fsp3) is 0.429. The zero-order valence-electron chi connectivity index (χ0n) is 11.2. The first-order valence-electron chi connectivity index (χ1n) is 6.40. The average molecular weight is 279 g/mol. The maximum absolute atomic E-state index is 11.5. The molecule has 0 amide bonds. The van der Waals surface area contributed by atoms with Crippen molar-refractivity contribution in [3.63, 3.8) is 0 Å². The summed E-state index contributed by atoms with van der Waals surface area (Å²) in [6.45, 7) is 0.472. The van der Waals surface area contributed by atoms with Crippen LogP contribution in [0.25, 0.3) is 0 Å².